The van der Waals surface area contributed by atoms with Crippen LogP contribution in [-0.2, 0) is 9.53 Å². The first-order chi connectivity index (χ1) is 13.1. The van der Waals surface area contributed by atoms with Crippen molar-refractivity contribution in [3.05, 3.63) is 59.1 Å². The predicted molar refractivity (Wildman–Crippen MR) is 112 cm³/mol. The van der Waals surface area contributed by atoms with Crippen LogP contribution < -0.4 is 5.32 Å². The lowest BCUT2D eigenvalue weighted by atomic mass is 10.2. The summed E-state index contributed by atoms with van der Waals surface area (Å²) in [7, 11) is 0. The molecule has 2 aromatic carbocycles. The maximum Gasteiger partial charge on any atom is 0.338 e. The molecule has 0 aliphatic carbocycles. The number of anilines is 1. The number of halogens is 1. The fourth-order valence-electron chi connectivity index (χ4n) is 2.26. The summed E-state index contributed by atoms with van der Waals surface area (Å²) in [4.78, 5) is 25.0. The molecule has 0 atom stereocenters. The van der Waals surface area contributed by atoms with Crippen molar-refractivity contribution in [2.24, 2.45) is 0 Å². The Bertz CT molecular complexity index is 732. The summed E-state index contributed by atoms with van der Waals surface area (Å²) in [5.74, 6) is 0.489. The number of thioether (sulfide) groups is 1. The monoisotopic (exact) mass is 405 g/mol. The molecule has 2 aromatic rings. The third kappa shape index (κ3) is 8.06. The molecule has 1 amide bonds. The minimum atomic E-state index is -0.333. The van der Waals surface area contributed by atoms with Crippen molar-refractivity contribution in [1.29, 1.82) is 0 Å². The first-order valence-corrected chi connectivity index (χ1v) is 10.4. The maximum absolute atomic E-state index is 12.0. The number of ether oxygens (including phenoxy) is 1. The van der Waals surface area contributed by atoms with Crippen molar-refractivity contribution in [1.82, 2.24) is 0 Å². The summed E-state index contributed by atoms with van der Waals surface area (Å²) < 4.78 is 5.16. The number of carbonyl (C=O) groups excluding carboxylic acids is 2. The Balaban J connectivity index is 1.69. The van der Waals surface area contributed by atoms with E-state index in [2.05, 4.69) is 5.32 Å². The molecule has 0 spiro atoms. The Morgan fingerprint density at radius 3 is 2.41 bits per heavy atom. The van der Waals surface area contributed by atoms with Crippen LogP contribution in [0.2, 0.25) is 5.02 Å². The van der Waals surface area contributed by atoms with Gasteiger partial charge < -0.3 is 10.1 Å². The second-order valence-electron chi connectivity index (χ2n) is 6.02. The fourth-order valence-corrected chi connectivity index (χ4v) is 3.24. The van der Waals surface area contributed by atoms with E-state index < -0.39 is 0 Å². The molecule has 0 bridgehead atoms. The second kappa shape index (κ2) is 11.7. The van der Waals surface area contributed by atoms with Gasteiger partial charge in [-0.25, -0.2) is 4.79 Å². The number of carbonyl (C=O) groups is 2. The highest BCUT2D eigenvalue weighted by Gasteiger charge is 2.08. The minimum absolute atomic E-state index is 0.0371. The molecule has 0 fully saturated rings. The number of benzene rings is 2. The molecular weight excluding hydrogens is 382 g/mol. The van der Waals surface area contributed by atoms with Crippen molar-refractivity contribution >= 4 is 40.9 Å². The third-order valence-electron chi connectivity index (χ3n) is 3.77. The number of hydrogen-bond acceptors (Lipinski definition) is 4. The lowest BCUT2D eigenvalue weighted by Crippen LogP contribution is -2.12. The molecule has 144 valence electrons. The lowest BCUT2D eigenvalue weighted by Gasteiger charge is -2.07. The molecular formula is C21H24ClNO3S. The van der Waals surface area contributed by atoms with Gasteiger partial charge in [-0.2, -0.15) is 0 Å². The Labute approximate surface area is 169 Å². The number of esters is 1. The van der Waals surface area contributed by atoms with E-state index in [9.17, 15) is 9.59 Å². The van der Waals surface area contributed by atoms with Crippen molar-refractivity contribution < 1.29 is 14.3 Å². The molecule has 6 heteroatoms. The van der Waals surface area contributed by atoms with Crippen LogP contribution in [0.15, 0.2) is 53.4 Å². The van der Waals surface area contributed by atoms with E-state index >= 15 is 0 Å². The van der Waals surface area contributed by atoms with Gasteiger partial charge in [0.05, 0.1) is 12.2 Å². The van der Waals surface area contributed by atoms with Crippen LogP contribution in [0.1, 0.15) is 43.0 Å². The number of rotatable bonds is 10. The van der Waals surface area contributed by atoms with Gasteiger partial charge in [0.25, 0.3) is 0 Å². The number of hydrogen-bond donors (Lipinski definition) is 1. The van der Waals surface area contributed by atoms with E-state index in [1.807, 2.05) is 31.2 Å². The second-order valence-corrected chi connectivity index (χ2v) is 7.63. The van der Waals surface area contributed by atoms with Gasteiger partial charge in [0.2, 0.25) is 5.91 Å². The van der Waals surface area contributed by atoms with E-state index in [4.69, 9.17) is 16.3 Å². The average Bonchev–Trinajstić information content (AvgIpc) is 2.67. The zero-order valence-electron chi connectivity index (χ0n) is 15.4. The highest BCUT2D eigenvalue weighted by atomic mass is 35.5. The number of nitrogens with one attached hydrogen (secondary N) is 1. The summed E-state index contributed by atoms with van der Waals surface area (Å²) in [5, 5.41) is 3.57. The molecule has 0 unspecified atom stereocenters. The van der Waals surface area contributed by atoms with Gasteiger partial charge in [-0.15, -0.1) is 11.8 Å². The molecule has 1 N–H and O–H groups in total. The quantitative estimate of drug-likeness (QED) is 0.308. The summed E-state index contributed by atoms with van der Waals surface area (Å²) in [6, 6.07) is 14.4. The normalized spacial score (nSPS) is 10.4. The van der Waals surface area contributed by atoms with Crippen molar-refractivity contribution in [3.63, 3.8) is 0 Å². The molecule has 27 heavy (non-hydrogen) atoms. The molecule has 2 rings (SSSR count). The lowest BCUT2D eigenvalue weighted by molar-refractivity contribution is -0.116. The van der Waals surface area contributed by atoms with Gasteiger partial charge in [-0.3, -0.25) is 4.79 Å². The van der Waals surface area contributed by atoms with E-state index in [0.29, 0.717) is 24.3 Å². The average molecular weight is 406 g/mol. The SMILES string of the molecule is CCCCOC(=O)c1ccc(NC(=O)CCCSc2ccc(Cl)cc2)cc1. The van der Waals surface area contributed by atoms with Crippen LogP contribution in [0.5, 0.6) is 0 Å². The third-order valence-corrected chi connectivity index (χ3v) is 5.12. The molecule has 0 aliphatic rings. The van der Waals surface area contributed by atoms with Gasteiger partial charge in [-0.1, -0.05) is 24.9 Å². The molecule has 0 heterocycles. The van der Waals surface area contributed by atoms with E-state index in [-0.39, 0.29) is 11.9 Å². The number of amides is 1. The maximum atomic E-state index is 12.0. The number of unbranched alkanes of at least 4 members (excludes halogenated alkanes) is 1. The van der Waals surface area contributed by atoms with Crippen LogP contribution in [0, 0.1) is 0 Å². The van der Waals surface area contributed by atoms with Gasteiger partial charge >= 0.3 is 5.97 Å². The molecule has 0 saturated carbocycles. The minimum Gasteiger partial charge on any atom is -0.462 e. The largest absolute Gasteiger partial charge is 0.462 e. The highest BCUT2D eigenvalue weighted by Crippen LogP contribution is 2.21. The Morgan fingerprint density at radius 2 is 1.74 bits per heavy atom. The van der Waals surface area contributed by atoms with E-state index in [0.717, 1.165) is 34.9 Å². The molecule has 0 aromatic heterocycles. The molecule has 0 radical (unpaired) electrons. The highest BCUT2D eigenvalue weighted by molar-refractivity contribution is 7.99. The zero-order valence-corrected chi connectivity index (χ0v) is 16.9. The summed E-state index contributed by atoms with van der Waals surface area (Å²) in [6.07, 6.45) is 3.06. The summed E-state index contributed by atoms with van der Waals surface area (Å²) in [5.41, 5.74) is 1.17. The first kappa shape index (κ1) is 21.3. The summed E-state index contributed by atoms with van der Waals surface area (Å²) in [6.45, 7) is 2.48. The van der Waals surface area contributed by atoms with Gasteiger partial charge in [0.15, 0.2) is 0 Å². The standard InChI is InChI=1S/C21H24ClNO3S/c1-2-3-14-26-21(25)16-6-10-18(11-7-16)23-20(24)5-4-15-27-19-12-8-17(22)9-13-19/h6-13H,2-5,14-15H2,1H3,(H,23,24). The molecule has 4 nitrogen and oxygen atoms in total. The van der Waals surface area contributed by atoms with Crippen LogP contribution in [0.4, 0.5) is 5.69 Å². The van der Waals surface area contributed by atoms with Gasteiger partial charge in [0, 0.05) is 22.0 Å². The van der Waals surface area contributed by atoms with Crippen LogP contribution in [-0.4, -0.2) is 24.2 Å². The fraction of sp³-hybridized carbons (Fsp3) is 0.333. The van der Waals surface area contributed by atoms with Crippen LogP contribution >= 0.6 is 23.4 Å². The Kier molecular flexibility index (Phi) is 9.22. The van der Waals surface area contributed by atoms with Crippen LogP contribution in [0.3, 0.4) is 0 Å². The Hall–Kier alpha value is -1.98. The summed E-state index contributed by atoms with van der Waals surface area (Å²) >= 11 is 7.56. The van der Waals surface area contributed by atoms with Gasteiger partial charge in [0.1, 0.15) is 0 Å². The van der Waals surface area contributed by atoms with Crippen molar-refractivity contribution in [2.75, 3.05) is 17.7 Å². The smallest absolute Gasteiger partial charge is 0.338 e. The van der Waals surface area contributed by atoms with Crippen molar-refractivity contribution in [3.8, 4) is 0 Å². The van der Waals surface area contributed by atoms with E-state index in [1.54, 1.807) is 36.0 Å². The predicted octanol–water partition coefficient (Wildman–Crippen LogP) is 5.81. The van der Waals surface area contributed by atoms with E-state index in [1.165, 1.54) is 0 Å². The Morgan fingerprint density at radius 1 is 1.04 bits per heavy atom. The van der Waals surface area contributed by atoms with Gasteiger partial charge in [-0.05, 0) is 67.1 Å². The first-order valence-electron chi connectivity index (χ1n) is 9.04. The van der Waals surface area contributed by atoms with Crippen molar-refractivity contribution in [2.45, 2.75) is 37.5 Å². The topological polar surface area (TPSA) is 55.4 Å². The molecule has 0 aliphatic heterocycles. The zero-order chi connectivity index (χ0) is 19.5. The molecule has 0 saturated heterocycles. The van der Waals surface area contributed by atoms with Crippen LogP contribution in [0.25, 0.3) is 0 Å².